The maximum Gasteiger partial charge on any atom is 0.573 e. The van der Waals surface area contributed by atoms with E-state index in [1.54, 1.807) is 26.8 Å². The molecule has 2 atom stereocenters. The Morgan fingerprint density at radius 3 is 2.53 bits per heavy atom. The van der Waals surface area contributed by atoms with Crippen LogP contribution in [-0.2, 0) is 16.1 Å². The van der Waals surface area contributed by atoms with Gasteiger partial charge in [0.25, 0.3) is 0 Å². The van der Waals surface area contributed by atoms with Crippen LogP contribution in [-0.4, -0.2) is 39.4 Å². The topological polar surface area (TPSA) is 93.1 Å². The zero-order valence-corrected chi connectivity index (χ0v) is 18.5. The van der Waals surface area contributed by atoms with Gasteiger partial charge in [0.1, 0.15) is 39.4 Å². The number of aromatic nitrogens is 1. The summed E-state index contributed by atoms with van der Waals surface area (Å²) in [5, 5.41) is 0. The normalized spacial score (nSPS) is 18.5. The van der Waals surface area contributed by atoms with E-state index in [0.29, 0.717) is 17.0 Å². The molecule has 32 heavy (non-hydrogen) atoms. The molecule has 172 valence electrons. The summed E-state index contributed by atoms with van der Waals surface area (Å²) in [5.74, 6) is -0.926. The minimum absolute atomic E-state index is 0.0894. The number of hydrogen-bond acceptors (Lipinski definition) is 7. The van der Waals surface area contributed by atoms with Crippen LogP contribution in [0, 0.1) is 0 Å². The lowest BCUT2D eigenvalue weighted by molar-refractivity contribution is -0.274. The zero-order chi connectivity index (χ0) is 23.7. The molecule has 0 N–H and O–H groups in total. The molecule has 1 aliphatic heterocycles. The lowest BCUT2D eigenvalue weighted by Crippen LogP contribution is -2.29. The summed E-state index contributed by atoms with van der Waals surface area (Å²) in [7, 11) is 1.25. The zero-order valence-electron chi connectivity index (χ0n) is 17.7. The number of halogens is 3. The molecule has 1 aromatic heterocycles. The van der Waals surface area contributed by atoms with E-state index in [4.69, 9.17) is 4.74 Å². The minimum atomic E-state index is -4.86. The maximum absolute atomic E-state index is 12.7. The van der Waals surface area contributed by atoms with Crippen molar-refractivity contribution in [2.24, 2.45) is 4.40 Å². The van der Waals surface area contributed by atoms with Gasteiger partial charge in [-0.1, -0.05) is 4.40 Å². The highest BCUT2D eigenvalue weighted by molar-refractivity contribution is 7.91. The molecule has 0 fully saturated rings. The quantitative estimate of drug-likeness (QED) is 0.481. The highest BCUT2D eigenvalue weighted by Gasteiger charge is 2.35. The van der Waals surface area contributed by atoms with Crippen molar-refractivity contribution < 1.29 is 36.7 Å². The van der Waals surface area contributed by atoms with Crippen molar-refractivity contribution in [1.82, 2.24) is 4.98 Å². The van der Waals surface area contributed by atoms with E-state index in [1.807, 2.05) is 0 Å². The molecule has 1 aliphatic rings. The smallest absolute Gasteiger partial charge is 0.573 e. The Kier molecular flexibility index (Phi) is 6.70. The van der Waals surface area contributed by atoms with Crippen molar-refractivity contribution in [3.8, 4) is 11.5 Å². The fourth-order valence-electron chi connectivity index (χ4n) is 2.84. The van der Waals surface area contributed by atoms with E-state index in [2.05, 4.69) is 18.9 Å². The molecule has 0 aliphatic carbocycles. The number of rotatable bonds is 4. The van der Waals surface area contributed by atoms with Crippen LogP contribution in [0.1, 0.15) is 54.9 Å². The minimum Gasteiger partial charge on any atom is -0.591 e. The Bertz CT molecular complexity index is 1020. The molecule has 0 spiro atoms. The Morgan fingerprint density at radius 2 is 1.97 bits per heavy atom. The fraction of sp³-hybridized carbons (Fsp3) is 0.381. The van der Waals surface area contributed by atoms with Crippen LogP contribution in [0.2, 0.25) is 0 Å². The van der Waals surface area contributed by atoms with Gasteiger partial charge in [-0.25, -0.2) is 4.79 Å². The second kappa shape index (κ2) is 8.99. The van der Waals surface area contributed by atoms with Crippen LogP contribution >= 0.6 is 0 Å². The Morgan fingerprint density at radius 1 is 1.25 bits per heavy atom. The first-order valence-corrected chi connectivity index (χ1v) is 10.6. The van der Waals surface area contributed by atoms with Gasteiger partial charge in [0.2, 0.25) is 0 Å². The molecule has 2 aromatic rings. The highest BCUT2D eigenvalue weighted by Crippen LogP contribution is 2.39. The van der Waals surface area contributed by atoms with Gasteiger partial charge >= 0.3 is 12.3 Å². The molecule has 0 amide bonds. The second-order valence-corrected chi connectivity index (χ2v) is 9.78. The number of ether oxygens (including phenoxy) is 3. The Balaban J connectivity index is 2.00. The Hall–Kier alpha value is -2.79. The van der Waals surface area contributed by atoms with Crippen molar-refractivity contribution in [2.75, 3.05) is 7.11 Å². The van der Waals surface area contributed by atoms with Crippen molar-refractivity contribution >= 4 is 23.0 Å². The predicted octanol–water partition coefficient (Wildman–Crippen LogP) is 4.54. The monoisotopic (exact) mass is 470 g/mol. The third-order valence-electron chi connectivity index (χ3n) is 4.40. The van der Waals surface area contributed by atoms with Gasteiger partial charge in [-0.2, -0.15) is 0 Å². The highest BCUT2D eigenvalue weighted by atomic mass is 32.2. The number of carbonyl (C=O) groups excluding carboxylic acids is 1. The van der Waals surface area contributed by atoms with Crippen LogP contribution in [0.25, 0.3) is 0 Å². The van der Waals surface area contributed by atoms with E-state index in [-0.39, 0.29) is 17.7 Å². The van der Waals surface area contributed by atoms with Crippen LogP contribution in [0.15, 0.2) is 40.9 Å². The van der Waals surface area contributed by atoms with E-state index < -0.39 is 40.3 Å². The molecule has 1 unspecified atom stereocenters. The Labute approximate surface area is 185 Å². The van der Waals surface area contributed by atoms with Crippen molar-refractivity contribution in [3.05, 3.63) is 53.3 Å². The fourth-order valence-corrected chi connectivity index (χ4v) is 3.49. The first kappa shape index (κ1) is 23.9. The third-order valence-corrected chi connectivity index (χ3v) is 5.83. The van der Waals surface area contributed by atoms with Gasteiger partial charge in [-0.3, -0.25) is 4.98 Å². The molecule has 3 rings (SSSR count). The number of hydrogen-bond donors (Lipinski definition) is 0. The number of benzene rings is 1. The molecule has 0 saturated carbocycles. The molecule has 0 saturated heterocycles. The van der Waals surface area contributed by atoms with Crippen LogP contribution in [0.5, 0.6) is 11.5 Å². The summed E-state index contributed by atoms with van der Waals surface area (Å²) in [6.07, 6.45) is -4.10. The van der Waals surface area contributed by atoms with E-state index in [1.165, 1.54) is 25.4 Å². The molecule has 0 radical (unpaired) electrons. The summed E-state index contributed by atoms with van der Waals surface area (Å²) in [5.41, 5.74) is 1.47. The third kappa shape index (κ3) is 5.71. The second-order valence-electron chi connectivity index (χ2n) is 7.88. The largest absolute Gasteiger partial charge is 0.591 e. The number of pyridine rings is 1. The van der Waals surface area contributed by atoms with Crippen molar-refractivity contribution in [1.29, 1.82) is 0 Å². The van der Waals surface area contributed by atoms with Gasteiger partial charge in [0.15, 0.2) is 0 Å². The molecule has 0 bridgehead atoms. The number of fused-ring (bicyclic) bond motifs is 1. The lowest BCUT2D eigenvalue weighted by atomic mass is 9.97. The molecular formula is C21H21F3N2O5S. The van der Waals surface area contributed by atoms with Crippen LogP contribution in [0.3, 0.4) is 0 Å². The average molecular weight is 470 g/mol. The SMILES string of the molecule is COC(=O)c1ccc([C@H]2CC(=N[S+]([O-])C(C)(C)C)c3ccc(OC(F)(F)F)cc3O2)nc1. The number of methoxy groups -OCH3 is 1. The first-order valence-electron chi connectivity index (χ1n) is 9.48. The molecule has 11 heteroatoms. The summed E-state index contributed by atoms with van der Waals surface area (Å²) in [4.78, 5) is 15.9. The van der Waals surface area contributed by atoms with Gasteiger partial charge in [0, 0.05) is 24.2 Å². The van der Waals surface area contributed by atoms with Crippen molar-refractivity contribution in [2.45, 2.75) is 44.4 Å². The van der Waals surface area contributed by atoms with Gasteiger partial charge in [-0.05, 0) is 45.0 Å². The molecular weight excluding hydrogens is 449 g/mol. The van der Waals surface area contributed by atoms with Gasteiger partial charge in [-0.15, -0.1) is 13.2 Å². The maximum atomic E-state index is 12.7. The number of esters is 1. The van der Waals surface area contributed by atoms with Gasteiger partial charge in [0.05, 0.1) is 18.4 Å². The number of alkyl halides is 3. The van der Waals surface area contributed by atoms with Gasteiger partial charge < -0.3 is 18.8 Å². The molecule has 1 aromatic carbocycles. The lowest BCUT2D eigenvalue weighted by Gasteiger charge is -2.28. The molecule has 2 heterocycles. The standard InChI is InChI=1S/C21H21F3N2O5S/c1-20(2,3)32(28)26-16-10-18(15-8-5-12(11-25-15)19(27)29-4)30-17-9-13(6-7-14(16)17)31-21(22,23)24/h5-9,11,18H,10H2,1-4H3/t18-,32?/m1/s1. The van der Waals surface area contributed by atoms with E-state index >= 15 is 0 Å². The summed E-state index contributed by atoms with van der Waals surface area (Å²) >= 11 is -1.61. The number of carbonyl (C=O) groups is 1. The van der Waals surface area contributed by atoms with Crippen LogP contribution in [0.4, 0.5) is 13.2 Å². The van der Waals surface area contributed by atoms with E-state index in [9.17, 15) is 22.5 Å². The first-order chi connectivity index (χ1) is 14.9. The predicted molar refractivity (Wildman–Crippen MR) is 111 cm³/mol. The van der Waals surface area contributed by atoms with Crippen LogP contribution < -0.4 is 9.47 Å². The summed E-state index contributed by atoms with van der Waals surface area (Å²) in [6, 6.07) is 6.69. The number of nitrogens with zero attached hydrogens (tertiary/aromatic N) is 2. The molecule has 7 nitrogen and oxygen atoms in total. The summed E-state index contributed by atoms with van der Waals surface area (Å²) in [6.45, 7) is 5.29. The van der Waals surface area contributed by atoms with E-state index in [0.717, 1.165) is 12.1 Å². The van der Waals surface area contributed by atoms with Crippen molar-refractivity contribution in [3.63, 3.8) is 0 Å². The summed E-state index contributed by atoms with van der Waals surface area (Å²) < 4.78 is 68.8. The average Bonchev–Trinajstić information content (AvgIpc) is 2.71.